The highest BCUT2D eigenvalue weighted by atomic mass is 16.5. The summed E-state index contributed by atoms with van der Waals surface area (Å²) in [5.41, 5.74) is 0.243. The van der Waals surface area contributed by atoms with Crippen molar-refractivity contribution in [2.75, 3.05) is 52.5 Å². The van der Waals surface area contributed by atoms with E-state index in [1.165, 1.54) is 26.1 Å². The summed E-state index contributed by atoms with van der Waals surface area (Å²) in [4.78, 5) is 5.22. The predicted molar refractivity (Wildman–Crippen MR) is 84.2 cm³/mol. The summed E-state index contributed by atoms with van der Waals surface area (Å²) in [6, 6.07) is 0.674. The van der Waals surface area contributed by atoms with Crippen molar-refractivity contribution in [2.24, 2.45) is 5.92 Å². The number of rotatable bonds is 5. The molecule has 0 aromatic heterocycles. The van der Waals surface area contributed by atoms with Crippen molar-refractivity contribution < 1.29 is 4.74 Å². The van der Waals surface area contributed by atoms with Crippen molar-refractivity contribution in [3.63, 3.8) is 0 Å². The van der Waals surface area contributed by atoms with E-state index in [1.807, 2.05) is 0 Å². The molecule has 2 rings (SSSR count). The molecule has 0 aliphatic carbocycles. The summed E-state index contributed by atoms with van der Waals surface area (Å²) < 4.78 is 5.42. The first-order chi connectivity index (χ1) is 9.44. The Kier molecular flexibility index (Phi) is 5.84. The van der Waals surface area contributed by atoms with Gasteiger partial charge in [0.25, 0.3) is 0 Å². The third-order valence-corrected chi connectivity index (χ3v) is 4.49. The van der Waals surface area contributed by atoms with Gasteiger partial charge in [-0.1, -0.05) is 0 Å². The molecular formula is C16H33N3O. The molecule has 118 valence electrons. The number of morpholine rings is 1. The lowest BCUT2D eigenvalue weighted by molar-refractivity contribution is 0.0263. The SMILES string of the molecule is CC(CN1CCOCC1)N1CCC(CNC(C)(C)C)C1. The predicted octanol–water partition coefficient (Wildman–Crippen LogP) is 1.42. The molecule has 2 fully saturated rings. The number of nitrogens with zero attached hydrogens (tertiary/aromatic N) is 2. The van der Waals surface area contributed by atoms with Crippen molar-refractivity contribution in [3.05, 3.63) is 0 Å². The fraction of sp³-hybridized carbons (Fsp3) is 1.00. The van der Waals surface area contributed by atoms with Crippen molar-refractivity contribution in [1.82, 2.24) is 15.1 Å². The van der Waals surface area contributed by atoms with E-state index in [2.05, 4.69) is 42.8 Å². The van der Waals surface area contributed by atoms with Crippen LogP contribution in [0.5, 0.6) is 0 Å². The second-order valence-electron chi connectivity index (χ2n) is 7.54. The summed E-state index contributed by atoms with van der Waals surface area (Å²) in [5, 5.41) is 3.65. The standard InChI is InChI=1S/C16H33N3O/c1-14(12-18-7-9-20-10-8-18)19-6-5-15(13-19)11-17-16(2,3)4/h14-15,17H,5-13H2,1-4H3. The van der Waals surface area contributed by atoms with Crippen molar-refractivity contribution in [2.45, 2.75) is 45.7 Å². The van der Waals surface area contributed by atoms with Crippen LogP contribution in [0.2, 0.25) is 0 Å². The van der Waals surface area contributed by atoms with Gasteiger partial charge >= 0.3 is 0 Å². The fourth-order valence-electron chi connectivity index (χ4n) is 3.15. The Hall–Kier alpha value is -0.160. The lowest BCUT2D eigenvalue weighted by atomic mass is 10.1. The van der Waals surface area contributed by atoms with E-state index in [-0.39, 0.29) is 5.54 Å². The highest BCUT2D eigenvalue weighted by Crippen LogP contribution is 2.19. The fourth-order valence-corrected chi connectivity index (χ4v) is 3.15. The molecule has 2 unspecified atom stereocenters. The molecule has 0 saturated carbocycles. The minimum absolute atomic E-state index is 0.243. The second-order valence-corrected chi connectivity index (χ2v) is 7.54. The van der Waals surface area contributed by atoms with Gasteiger partial charge < -0.3 is 10.1 Å². The van der Waals surface area contributed by atoms with Gasteiger partial charge in [-0.05, 0) is 53.1 Å². The van der Waals surface area contributed by atoms with Gasteiger partial charge in [0.15, 0.2) is 0 Å². The zero-order chi connectivity index (χ0) is 14.6. The Bertz CT molecular complexity index is 284. The molecule has 0 amide bonds. The Labute approximate surface area is 124 Å². The molecule has 2 heterocycles. The molecule has 4 nitrogen and oxygen atoms in total. The van der Waals surface area contributed by atoms with Crippen LogP contribution in [0.1, 0.15) is 34.1 Å². The Balaban J connectivity index is 1.68. The molecule has 2 aliphatic heterocycles. The zero-order valence-corrected chi connectivity index (χ0v) is 13.8. The van der Waals surface area contributed by atoms with Crippen LogP contribution in [-0.4, -0.2) is 73.9 Å². The molecule has 1 N–H and O–H groups in total. The highest BCUT2D eigenvalue weighted by Gasteiger charge is 2.27. The van der Waals surface area contributed by atoms with Gasteiger partial charge in [-0.2, -0.15) is 0 Å². The van der Waals surface area contributed by atoms with Gasteiger partial charge in [-0.3, -0.25) is 9.80 Å². The Morgan fingerprint density at radius 1 is 1.20 bits per heavy atom. The van der Waals surface area contributed by atoms with E-state index < -0.39 is 0 Å². The van der Waals surface area contributed by atoms with Gasteiger partial charge in [0, 0.05) is 37.8 Å². The van der Waals surface area contributed by atoms with Crippen LogP contribution in [-0.2, 0) is 4.74 Å². The first kappa shape index (κ1) is 16.2. The lowest BCUT2D eigenvalue weighted by Gasteiger charge is -2.33. The van der Waals surface area contributed by atoms with Crippen LogP contribution in [0.15, 0.2) is 0 Å². The van der Waals surface area contributed by atoms with E-state index in [0.717, 1.165) is 38.8 Å². The Morgan fingerprint density at radius 2 is 1.90 bits per heavy atom. The van der Waals surface area contributed by atoms with Crippen LogP contribution in [0.3, 0.4) is 0 Å². The third-order valence-electron chi connectivity index (χ3n) is 4.49. The first-order valence-electron chi connectivity index (χ1n) is 8.23. The smallest absolute Gasteiger partial charge is 0.0594 e. The Morgan fingerprint density at radius 3 is 2.55 bits per heavy atom. The topological polar surface area (TPSA) is 27.7 Å². The quantitative estimate of drug-likeness (QED) is 0.826. The van der Waals surface area contributed by atoms with Crippen LogP contribution in [0, 0.1) is 5.92 Å². The second kappa shape index (κ2) is 7.21. The third kappa shape index (κ3) is 5.32. The number of nitrogens with one attached hydrogen (secondary N) is 1. The van der Waals surface area contributed by atoms with E-state index in [0.29, 0.717) is 6.04 Å². The highest BCUT2D eigenvalue weighted by molar-refractivity contribution is 4.84. The molecule has 0 spiro atoms. The number of hydrogen-bond donors (Lipinski definition) is 1. The van der Waals surface area contributed by atoms with Gasteiger partial charge in [0.05, 0.1) is 13.2 Å². The molecule has 0 aromatic rings. The molecule has 2 aliphatic rings. The van der Waals surface area contributed by atoms with E-state index in [1.54, 1.807) is 0 Å². The maximum absolute atomic E-state index is 5.42. The van der Waals surface area contributed by atoms with E-state index >= 15 is 0 Å². The lowest BCUT2D eigenvalue weighted by Crippen LogP contribution is -2.46. The van der Waals surface area contributed by atoms with Crippen LogP contribution >= 0.6 is 0 Å². The largest absolute Gasteiger partial charge is 0.379 e. The zero-order valence-electron chi connectivity index (χ0n) is 13.8. The molecule has 0 radical (unpaired) electrons. The average Bonchev–Trinajstić information content (AvgIpc) is 2.86. The minimum atomic E-state index is 0.243. The molecule has 2 saturated heterocycles. The average molecular weight is 283 g/mol. The van der Waals surface area contributed by atoms with E-state index in [4.69, 9.17) is 4.74 Å². The van der Waals surface area contributed by atoms with Crippen LogP contribution in [0.4, 0.5) is 0 Å². The van der Waals surface area contributed by atoms with Gasteiger partial charge in [-0.25, -0.2) is 0 Å². The summed E-state index contributed by atoms with van der Waals surface area (Å²) in [6.07, 6.45) is 1.34. The number of hydrogen-bond acceptors (Lipinski definition) is 4. The summed E-state index contributed by atoms with van der Waals surface area (Å²) in [5.74, 6) is 0.821. The molecule has 0 bridgehead atoms. The van der Waals surface area contributed by atoms with Crippen molar-refractivity contribution in [3.8, 4) is 0 Å². The minimum Gasteiger partial charge on any atom is -0.379 e. The van der Waals surface area contributed by atoms with Gasteiger partial charge in [0.2, 0.25) is 0 Å². The van der Waals surface area contributed by atoms with Crippen molar-refractivity contribution >= 4 is 0 Å². The molecule has 20 heavy (non-hydrogen) atoms. The molecule has 4 heteroatoms. The summed E-state index contributed by atoms with van der Waals surface area (Å²) in [6.45, 7) is 18.0. The first-order valence-corrected chi connectivity index (χ1v) is 8.23. The van der Waals surface area contributed by atoms with Crippen molar-refractivity contribution in [1.29, 1.82) is 0 Å². The number of likely N-dealkylation sites (tertiary alicyclic amines) is 1. The van der Waals surface area contributed by atoms with Crippen LogP contribution in [0.25, 0.3) is 0 Å². The van der Waals surface area contributed by atoms with Gasteiger partial charge in [0.1, 0.15) is 0 Å². The summed E-state index contributed by atoms with van der Waals surface area (Å²) >= 11 is 0. The maximum Gasteiger partial charge on any atom is 0.0594 e. The van der Waals surface area contributed by atoms with Crippen LogP contribution < -0.4 is 5.32 Å². The maximum atomic E-state index is 5.42. The van der Waals surface area contributed by atoms with E-state index in [9.17, 15) is 0 Å². The molecule has 0 aromatic carbocycles. The molecule has 2 atom stereocenters. The molecular weight excluding hydrogens is 250 g/mol. The summed E-state index contributed by atoms with van der Waals surface area (Å²) in [7, 11) is 0. The number of ether oxygens (including phenoxy) is 1. The van der Waals surface area contributed by atoms with Gasteiger partial charge in [-0.15, -0.1) is 0 Å². The monoisotopic (exact) mass is 283 g/mol. The normalized spacial score (nSPS) is 27.9.